The predicted octanol–water partition coefficient (Wildman–Crippen LogP) is 5.95. The van der Waals surface area contributed by atoms with Crippen molar-refractivity contribution in [3.05, 3.63) is 47.0 Å². The van der Waals surface area contributed by atoms with E-state index in [4.69, 9.17) is 25.8 Å². The van der Waals surface area contributed by atoms with Gasteiger partial charge in [0.15, 0.2) is 11.5 Å². The first-order chi connectivity index (χ1) is 15.6. The third kappa shape index (κ3) is 4.94. The van der Waals surface area contributed by atoms with Crippen LogP contribution in [0.4, 0.5) is 5.69 Å². The molecule has 0 amide bonds. The topological polar surface area (TPSA) is 34.2 Å². The van der Waals surface area contributed by atoms with Gasteiger partial charge in [-0.15, -0.1) is 0 Å². The number of benzene rings is 2. The SMILES string of the molecule is CCCCOc1ccc([C@H]2CCCC3CN(c4ccc(Cl)c(OC)c4)CCN32)cc1OC. The Morgan fingerprint density at radius 3 is 2.59 bits per heavy atom. The minimum atomic E-state index is 0.425. The number of halogens is 1. The van der Waals surface area contributed by atoms with Gasteiger partial charge in [-0.3, -0.25) is 4.90 Å². The van der Waals surface area contributed by atoms with Gasteiger partial charge in [0.05, 0.1) is 25.8 Å². The molecule has 0 radical (unpaired) electrons. The number of piperazine rings is 1. The molecular formula is C26H35ClN2O3. The van der Waals surface area contributed by atoms with Crippen LogP contribution in [0.3, 0.4) is 0 Å². The van der Waals surface area contributed by atoms with E-state index in [2.05, 4.69) is 47.1 Å². The molecule has 1 unspecified atom stereocenters. The number of fused-ring (bicyclic) bond motifs is 1. The predicted molar refractivity (Wildman–Crippen MR) is 131 cm³/mol. The van der Waals surface area contributed by atoms with Crippen LogP contribution >= 0.6 is 11.6 Å². The molecule has 2 saturated heterocycles. The number of nitrogens with zero attached hydrogens (tertiary/aromatic N) is 2. The Morgan fingerprint density at radius 1 is 0.969 bits per heavy atom. The highest BCUT2D eigenvalue weighted by Gasteiger charge is 2.36. The van der Waals surface area contributed by atoms with E-state index in [1.807, 2.05) is 6.07 Å². The van der Waals surface area contributed by atoms with E-state index in [9.17, 15) is 0 Å². The van der Waals surface area contributed by atoms with Crippen molar-refractivity contribution in [2.24, 2.45) is 0 Å². The normalized spacial score (nSPS) is 21.2. The second kappa shape index (κ2) is 10.7. The van der Waals surface area contributed by atoms with Gasteiger partial charge in [-0.05, 0) is 55.5 Å². The van der Waals surface area contributed by atoms with E-state index in [1.165, 1.54) is 30.5 Å². The fourth-order valence-electron chi connectivity index (χ4n) is 5.02. The summed E-state index contributed by atoms with van der Waals surface area (Å²) in [6.07, 6.45) is 5.83. The van der Waals surface area contributed by atoms with Gasteiger partial charge in [0.25, 0.3) is 0 Å². The van der Waals surface area contributed by atoms with Crippen LogP contribution in [0.5, 0.6) is 17.2 Å². The molecule has 2 fully saturated rings. The lowest BCUT2D eigenvalue weighted by Crippen LogP contribution is -2.55. The third-order valence-electron chi connectivity index (χ3n) is 6.77. The summed E-state index contributed by atoms with van der Waals surface area (Å²) in [4.78, 5) is 5.16. The molecule has 0 aliphatic carbocycles. The first-order valence-corrected chi connectivity index (χ1v) is 12.2. The maximum absolute atomic E-state index is 6.23. The molecule has 6 heteroatoms. The maximum Gasteiger partial charge on any atom is 0.161 e. The van der Waals surface area contributed by atoms with Crippen LogP contribution in [0, 0.1) is 0 Å². The molecule has 0 N–H and O–H groups in total. The average molecular weight is 459 g/mol. The van der Waals surface area contributed by atoms with Crippen LogP contribution < -0.4 is 19.1 Å². The quantitative estimate of drug-likeness (QED) is 0.456. The molecule has 0 spiro atoms. The molecule has 0 bridgehead atoms. The van der Waals surface area contributed by atoms with Crippen LogP contribution in [0.25, 0.3) is 0 Å². The Bertz CT molecular complexity index is 907. The van der Waals surface area contributed by atoms with Crippen LogP contribution in [-0.4, -0.2) is 51.4 Å². The first-order valence-electron chi connectivity index (χ1n) is 11.8. The average Bonchev–Trinajstić information content (AvgIpc) is 2.84. The summed E-state index contributed by atoms with van der Waals surface area (Å²) >= 11 is 6.23. The van der Waals surface area contributed by atoms with Gasteiger partial charge in [0.2, 0.25) is 0 Å². The number of anilines is 1. The zero-order valence-corrected chi connectivity index (χ0v) is 20.2. The number of rotatable bonds is 8. The van der Waals surface area contributed by atoms with Gasteiger partial charge in [-0.1, -0.05) is 31.0 Å². The Kier molecular flexibility index (Phi) is 7.69. The summed E-state index contributed by atoms with van der Waals surface area (Å²) in [6.45, 7) is 5.96. The minimum Gasteiger partial charge on any atom is -0.495 e. The van der Waals surface area contributed by atoms with Crippen molar-refractivity contribution < 1.29 is 14.2 Å². The number of piperidine rings is 1. The highest BCUT2D eigenvalue weighted by atomic mass is 35.5. The van der Waals surface area contributed by atoms with Gasteiger partial charge in [-0.25, -0.2) is 0 Å². The third-order valence-corrected chi connectivity index (χ3v) is 7.08. The zero-order valence-electron chi connectivity index (χ0n) is 19.5. The molecule has 0 saturated carbocycles. The summed E-state index contributed by atoms with van der Waals surface area (Å²) in [5.74, 6) is 2.42. The molecular weight excluding hydrogens is 424 g/mol. The van der Waals surface area contributed by atoms with E-state index >= 15 is 0 Å². The lowest BCUT2D eigenvalue weighted by atomic mass is 9.89. The Labute approximate surface area is 197 Å². The molecule has 2 aliphatic rings. The maximum atomic E-state index is 6.23. The van der Waals surface area contributed by atoms with Crippen molar-refractivity contribution in [1.29, 1.82) is 0 Å². The monoisotopic (exact) mass is 458 g/mol. The van der Waals surface area contributed by atoms with Crippen molar-refractivity contribution in [2.75, 3.05) is 45.4 Å². The summed E-state index contributed by atoms with van der Waals surface area (Å²) in [7, 11) is 3.40. The van der Waals surface area contributed by atoms with Gasteiger partial charge in [0, 0.05) is 43.5 Å². The molecule has 4 rings (SSSR count). The van der Waals surface area contributed by atoms with Gasteiger partial charge in [0.1, 0.15) is 5.75 Å². The Balaban J connectivity index is 1.48. The second-order valence-corrected chi connectivity index (χ2v) is 9.12. The Hall–Kier alpha value is -2.11. The van der Waals surface area contributed by atoms with Crippen LogP contribution in [0.15, 0.2) is 36.4 Å². The summed E-state index contributed by atoms with van der Waals surface area (Å²) in [5.41, 5.74) is 2.51. The van der Waals surface area contributed by atoms with Gasteiger partial charge < -0.3 is 19.1 Å². The van der Waals surface area contributed by atoms with Crippen LogP contribution in [0.1, 0.15) is 50.6 Å². The van der Waals surface area contributed by atoms with Crippen molar-refractivity contribution in [2.45, 2.75) is 51.1 Å². The smallest absolute Gasteiger partial charge is 0.161 e. The molecule has 5 nitrogen and oxygen atoms in total. The molecule has 0 aromatic heterocycles. The fraction of sp³-hybridized carbons (Fsp3) is 0.538. The molecule has 2 aromatic rings. The van der Waals surface area contributed by atoms with Crippen LogP contribution in [-0.2, 0) is 0 Å². The van der Waals surface area contributed by atoms with Gasteiger partial charge in [-0.2, -0.15) is 0 Å². The van der Waals surface area contributed by atoms with Gasteiger partial charge >= 0.3 is 0 Å². The lowest BCUT2D eigenvalue weighted by Gasteiger charge is -2.49. The highest BCUT2D eigenvalue weighted by Crippen LogP contribution is 2.40. The molecule has 2 heterocycles. The molecule has 174 valence electrons. The lowest BCUT2D eigenvalue weighted by molar-refractivity contribution is 0.0715. The fourth-order valence-corrected chi connectivity index (χ4v) is 5.22. The van der Waals surface area contributed by atoms with E-state index < -0.39 is 0 Å². The van der Waals surface area contributed by atoms with E-state index in [0.29, 0.717) is 17.1 Å². The second-order valence-electron chi connectivity index (χ2n) is 8.72. The van der Waals surface area contributed by atoms with E-state index in [1.54, 1.807) is 14.2 Å². The van der Waals surface area contributed by atoms with Crippen molar-refractivity contribution in [3.8, 4) is 17.2 Å². The largest absolute Gasteiger partial charge is 0.495 e. The first kappa shape index (κ1) is 23.1. The minimum absolute atomic E-state index is 0.425. The highest BCUT2D eigenvalue weighted by molar-refractivity contribution is 6.32. The number of ether oxygens (including phenoxy) is 3. The number of hydrogen-bond donors (Lipinski definition) is 0. The van der Waals surface area contributed by atoms with E-state index in [0.717, 1.165) is 56.3 Å². The number of unbranched alkanes of at least 4 members (excludes halogenated alkanes) is 1. The summed E-state index contributed by atoms with van der Waals surface area (Å²) < 4.78 is 17.0. The summed E-state index contributed by atoms with van der Waals surface area (Å²) in [6, 6.07) is 13.6. The van der Waals surface area contributed by atoms with Crippen molar-refractivity contribution >= 4 is 17.3 Å². The van der Waals surface area contributed by atoms with Crippen molar-refractivity contribution in [3.63, 3.8) is 0 Å². The molecule has 32 heavy (non-hydrogen) atoms. The summed E-state index contributed by atoms with van der Waals surface area (Å²) in [5, 5.41) is 0.656. The number of hydrogen-bond acceptors (Lipinski definition) is 5. The zero-order chi connectivity index (χ0) is 22.5. The number of methoxy groups -OCH3 is 2. The molecule has 2 aliphatic heterocycles. The van der Waals surface area contributed by atoms with Crippen molar-refractivity contribution in [1.82, 2.24) is 4.90 Å². The standard InChI is InChI=1S/C26H35ClN2O3/c1-4-5-15-32-24-12-9-19(16-26(24)31-3)23-8-6-7-21-18-28(13-14-29(21)23)20-10-11-22(27)25(17-20)30-2/h9-12,16-17,21,23H,4-8,13-15,18H2,1-3H3/t21?,23-/m1/s1. The Morgan fingerprint density at radius 2 is 1.81 bits per heavy atom. The molecule has 2 aromatic carbocycles. The molecule has 2 atom stereocenters. The van der Waals surface area contributed by atoms with Crippen LogP contribution in [0.2, 0.25) is 5.02 Å². The van der Waals surface area contributed by atoms with E-state index in [-0.39, 0.29) is 0 Å².